The van der Waals surface area contributed by atoms with Crippen molar-refractivity contribution in [3.05, 3.63) is 167 Å². The van der Waals surface area contributed by atoms with Gasteiger partial charge in [-0.3, -0.25) is 0 Å². The van der Waals surface area contributed by atoms with Crippen LogP contribution >= 0.6 is 0 Å². The molecule has 0 saturated carbocycles. The molecule has 4 nitrogen and oxygen atoms in total. The highest BCUT2D eigenvalue weighted by Crippen LogP contribution is 2.45. The Bertz CT molecular complexity index is 3310. The highest BCUT2D eigenvalue weighted by Gasteiger charge is 2.34. The van der Waals surface area contributed by atoms with Crippen LogP contribution in [0.1, 0.15) is 27.8 Å². The topological polar surface area (TPSA) is 57.4 Å². The minimum atomic E-state index is -4.74. The Morgan fingerprint density at radius 3 is 1.40 bits per heavy atom. The lowest BCUT2D eigenvalue weighted by atomic mass is 9.91. The summed E-state index contributed by atoms with van der Waals surface area (Å²) in [5.41, 5.74) is 0.333. The molecule has 9 aromatic rings. The Morgan fingerprint density at radius 2 is 0.867 bits per heavy atom. The Labute approximate surface area is 333 Å². The normalized spacial score (nSPS) is 12.4. The first kappa shape index (κ1) is 38.0. The molecule has 0 bridgehead atoms. The summed E-state index contributed by atoms with van der Waals surface area (Å²) >= 11 is 0. The maximum absolute atomic E-state index is 14.1. The van der Waals surface area contributed by atoms with Crippen LogP contribution < -0.4 is 0 Å². The van der Waals surface area contributed by atoms with Gasteiger partial charge < -0.3 is 9.13 Å². The summed E-state index contributed by atoms with van der Waals surface area (Å²) in [6.07, 6.45) is -14.1. The lowest BCUT2D eigenvalue weighted by Gasteiger charge is -2.21. The van der Waals surface area contributed by atoms with Gasteiger partial charge in [-0.05, 0) is 96.1 Å². The number of aromatic nitrogens is 2. The van der Waals surface area contributed by atoms with Crippen molar-refractivity contribution in [2.75, 3.05) is 0 Å². The fraction of sp³-hybridized carbons (Fsp3) is 0.0638. The number of nitriles is 2. The van der Waals surface area contributed by atoms with Gasteiger partial charge in [0, 0.05) is 32.7 Å². The van der Waals surface area contributed by atoms with Crippen molar-refractivity contribution in [1.29, 1.82) is 10.5 Å². The van der Waals surface area contributed by atoms with Gasteiger partial charge in [-0.2, -0.15) is 50.0 Å². The number of nitrogens with zero attached hydrogens (tertiary/aromatic N) is 4. The summed E-state index contributed by atoms with van der Waals surface area (Å²) < 4.78 is 129. The summed E-state index contributed by atoms with van der Waals surface area (Å²) in [7, 11) is 0. The molecule has 7 aromatic carbocycles. The zero-order valence-corrected chi connectivity index (χ0v) is 30.5. The molecule has 60 heavy (non-hydrogen) atoms. The van der Waals surface area contributed by atoms with Gasteiger partial charge in [-0.15, -0.1) is 0 Å². The van der Waals surface area contributed by atoms with Crippen LogP contribution in [0.4, 0.5) is 39.5 Å². The summed E-state index contributed by atoms with van der Waals surface area (Å²) in [4.78, 5) is 0. The first-order valence-corrected chi connectivity index (χ1v) is 18.1. The molecule has 0 N–H and O–H groups in total. The SMILES string of the molecule is N#Cc1cc(C(F)(F)F)ccc1-c1ccc(-n2c3ccccc3c3cc(C(F)(F)F)ccc32)c(-c2c(C#N)cccc2-n2c3ccccc3c3cc(C(F)(F)F)ccc32)c1. The number of benzene rings is 7. The highest BCUT2D eigenvalue weighted by atomic mass is 19.4. The number of para-hydroxylation sites is 2. The van der Waals surface area contributed by atoms with Gasteiger partial charge in [0.2, 0.25) is 0 Å². The summed E-state index contributed by atoms with van der Waals surface area (Å²) in [6, 6.07) is 36.7. The van der Waals surface area contributed by atoms with Gasteiger partial charge in [0.1, 0.15) is 0 Å². The summed E-state index contributed by atoms with van der Waals surface area (Å²) in [5.74, 6) is 0. The average Bonchev–Trinajstić information content (AvgIpc) is 3.74. The van der Waals surface area contributed by atoms with Crippen LogP contribution in [0.5, 0.6) is 0 Å². The molecule has 294 valence electrons. The second kappa shape index (κ2) is 13.5. The Morgan fingerprint density at radius 1 is 0.383 bits per heavy atom. The van der Waals surface area contributed by atoms with Gasteiger partial charge in [0.05, 0.1) is 73.4 Å². The number of alkyl halides is 9. The third kappa shape index (κ3) is 6.09. The van der Waals surface area contributed by atoms with E-state index in [1.54, 1.807) is 88.0 Å². The molecule has 0 fully saturated rings. The van der Waals surface area contributed by atoms with Crippen molar-refractivity contribution >= 4 is 43.6 Å². The van der Waals surface area contributed by atoms with Gasteiger partial charge in [0.25, 0.3) is 0 Å². The molecule has 0 atom stereocenters. The lowest BCUT2D eigenvalue weighted by Crippen LogP contribution is -2.06. The molecule has 0 saturated heterocycles. The van der Waals surface area contributed by atoms with Crippen molar-refractivity contribution in [2.45, 2.75) is 18.5 Å². The first-order chi connectivity index (χ1) is 28.6. The Kier molecular flexibility index (Phi) is 8.58. The number of hydrogen-bond acceptors (Lipinski definition) is 2. The van der Waals surface area contributed by atoms with Crippen molar-refractivity contribution in [1.82, 2.24) is 9.13 Å². The van der Waals surface area contributed by atoms with E-state index in [4.69, 9.17) is 0 Å². The molecular weight excluding hydrogens is 792 g/mol. The third-order valence-electron chi connectivity index (χ3n) is 10.7. The van der Waals surface area contributed by atoms with Crippen LogP contribution in [0.3, 0.4) is 0 Å². The molecule has 0 aliphatic carbocycles. The van der Waals surface area contributed by atoms with Crippen LogP contribution in [0.25, 0.3) is 77.2 Å². The average molecular weight is 815 g/mol. The van der Waals surface area contributed by atoms with E-state index >= 15 is 0 Å². The van der Waals surface area contributed by atoms with Gasteiger partial charge >= 0.3 is 18.5 Å². The van der Waals surface area contributed by atoms with E-state index in [0.29, 0.717) is 44.2 Å². The number of halogens is 9. The Balaban J connectivity index is 1.42. The van der Waals surface area contributed by atoms with Gasteiger partial charge in [0.15, 0.2) is 0 Å². The standard InChI is InChI=1S/C47H23F9N4/c48-45(49,50)29-13-16-32(28(20-29)25-58)26-12-17-42(59-38-9-3-1-7-33(38)35-22-30(46(51,52)53)14-18-40(35)59)37(21-26)44-27(24-57)6-5-11-43(44)60-39-10-4-2-8-34(39)36-23-31(47(54,55)56)15-19-41(36)60/h1-23H. The number of fused-ring (bicyclic) bond motifs is 6. The molecule has 0 amide bonds. The molecule has 0 aliphatic rings. The highest BCUT2D eigenvalue weighted by molar-refractivity contribution is 6.12. The van der Waals surface area contributed by atoms with Crippen molar-refractivity contribution in [2.24, 2.45) is 0 Å². The molecule has 2 aromatic heterocycles. The second-order valence-corrected chi connectivity index (χ2v) is 14.1. The van der Waals surface area contributed by atoms with Crippen LogP contribution in [0.15, 0.2) is 140 Å². The number of rotatable bonds is 4. The molecule has 0 aliphatic heterocycles. The van der Waals surface area contributed by atoms with Crippen molar-refractivity contribution in [3.63, 3.8) is 0 Å². The molecule has 13 heteroatoms. The minimum Gasteiger partial charge on any atom is -0.309 e. The smallest absolute Gasteiger partial charge is 0.309 e. The van der Waals surface area contributed by atoms with Crippen LogP contribution in [-0.2, 0) is 18.5 Å². The molecule has 9 rings (SSSR count). The maximum atomic E-state index is 14.1. The first-order valence-electron chi connectivity index (χ1n) is 18.1. The fourth-order valence-electron chi connectivity index (χ4n) is 8.08. The monoisotopic (exact) mass is 814 g/mol. The van der Waals surface area contributed by atoms with Crippen LogP contribution in [0.2, 0.25) is 0 Å². The van der Waals surface area contributed by atoms with Gasteiger partial charge in [-0.25, -0.2) is 0 Å². The van der Waals surface area contributed by atoms with E-state index < -0.39 is 35.2 Å². The van der Waals surface area contributed by atoms with E-state index in [1.807, 2.05) is 6.07 Å². The molecule has 2 heterocycles. The summed E-state index contributed by atoms with van der Waals surface area (Å²) in [5, 5.41) is 22.3. The van der Waals surface area contributed by atoms with Gasteiger partial charge in [-0.1, -0.05) is 54.6 Å². The molecule has 0 radical (unpaired) electrons. The van der Waals surface area contributed by atoms with Crippen LogP contribution in [-0.4, -0.2) is 9.13 Å². The van der Waals surface area contributed by atoms with Crippen molar-refractivity contribution < 1.29 is 39.5 Å². The van der Waals surface area contributed by atoms with E-state index in [2.05, 4.69) is 6.07 Å². The predicted octanol–water partition coefficient (Wildman–Crippen LogP) is 14.0. The second-order valence-electron chi connectivity index (χ2n) is 14.1. The zero-order chi connectivity index (χ0) is 42.3. The molecular formula is C47H23F9N4. The van der Waals surface area contributed by atoms with E-state index in [1.165, 1.54) is 24.3 Å². The van der Waals surface area contributed by atoms with Crippen molar-refractivity contribution in [3.8, 4) is 45.8 Å². The van der Waals surface area contributed by atoms with E-state index in [0.717, 1.165) is 36.4 Å². The van der Waals surface area contributed by atoms with E-state index in [9.17, 15) is 50.0 Å². The predicted molar refractivity (Wildman–Crippen MR) is 210 cm³/mol. The summed E-state index contributed by atoms with van der Waals surface area (Å²) in [6.45, 7) is 0. The van der Waals surface area contributed by atoms with E-state index in [-0.39, 0.29) is 44.2 Å². The Hall–Kier alpha value is -7.51. The lowest BCUT2D eigenvalue weighted by molar-refractivity contribution is -0.138. The number of hydrogen-bond donors (Lipinski definition) is 0. The quantitative estimate of drug-likeness (QED) is 0.166. The maximum Gasteiger partial charge on any atom is 0.416 e. The molecule has 0 spiro atoms. The van der Waals surface area contributed by atoms with Crippen LogP contribution in [0, 0.1) is 22.7 Å². The third-order valence-corrected chi connectivity index (χ3v) is 10.7. The largest absolute Gasteiger partial charge is 0.416 e. The zero-order valence-electron chi connectivity index (χ0n) is 30.5. The fourth-order valence-corrected chi connectivity index (χ4v) is 8.08. The molecule has 0 unspecified atom stereocenters. The minimum absolute atomic E-state index is 0.0943.